The predicted octanol–water partition coefficient (Wildman–Crippen LogP) is 0.0175. The lowest BCUT2D eigenvalue weighted by Crippen LogP contribution is -2.45. The van der Waals surface area contributed by atoms with Gasteiger partial charge in [-0.15, -0.1) is 0 Å². The van der Waals surface area contributed by atoms with Crippen LogP contribution in [-0.2, 0) is 4.79 Å². The highest BCUT2D eigenvalue weighted by atomic mass is 16.4. The molecule has 6 heteroatoms. The van der Waals surface area contributed by atoms with Gasteiger partial charge in [-0.2, -0.15) is 0 Å². The van der Waals surface area contributed by atoms with Gasteiger partial charge in [-0.1, -0.05) is 0 Å². The summed E-state index contributed by atoms with van der Waals surface area (Å²) < 4.78 is 0. The van der Waals surface area contributed by atoms with Gasteiger partial charge in [0.15, 0.2) is 0 Å². The minimum absolute atomic E-state index is 0.0287. The normalized spacial score (nSPS) is 27.2. The molecule has 0 aromatic heterocycles. The Hall–Kier alpha value is -1.30. The number of hydrogen-bond donors (Lipinski definition) is 3. The lowest BCUT2D eigenvalue weighted by atomic mass is 9.76. The molecule has 0 aromatic carbocycles. The molecule has 2 heterocycles. The third kappa shape index (κ3) is 2.22. The fraction of sp³-hybridized carbons (Fsp3) is 0.818. The highest BCUT2D eigenvalue weighted by Crippen LogP contribution is 2.40. The van der Waals surface area contributed by atoms with Gasteiger partial charge in [-0.3, -0.25) is 4.79 Å². The van der Waals surface area contributed by atoms with Crippen LogP contribution in [-0.4, -0.2) is 52.9 Å². The second-order valence-electron chi connectivity index (χ2n) is 4.94. The molecule has 2 amide bonds. The molecule has 2 aliphatic heterocycles. The van der Waals surface area contributed by atoms with Crippen LogP contribution < -0.4 is 5.32 Å². The zero-order valence-corrected chi connectivity index (χ0v) is 9.69. The molecule has 2 saturated heterocycles. The van der Waals surface area contributed by atoms with Crippen molar-refractivity contribution in [3.63, 3.8) is 0 Å². The minimum Gasteiger partial charge on any atom is -0.465 e. The first-order valence-electron chi connectivity index (χ1n) is 5.97. The standard InChI is InChI=1S/C11H18N2O4/c14-6-1-8-7-11(9(15)12-8)2-4-13(5-3-11)10(16)17/h8,14H,1-7H2,(H,12,15)(H,16,17). The van der Waals surface area contributed by atoms with Crippen molar-refractivity contribution in [2.24, 2.45) is 5.41 Å². The summed E-state index contributed by atoms with van der Waals surface area (Å²) in [6.45, 7) is 0.922. The lowest BCUT2D eigenvalue weighted by molar-refractivity contribution is -0.129. The third-order valence-corrected chi connectivity index (χ3v) is 3.92. The van der Waals surface area contributed by atoms with Crippen LogP contribution in [0.3, 0.4) is 0 Å². The summed E-state index contributed by atoms with van der Waals surface area (Å²) in [6.07, 6.45) is 1.57. The Morgan fingerprint density at radius 2 is 2.12 bits per heavy atom. The first kappa shape index (κ1) is 12.2. The Kier molecular flexibility index (Phi) is 3.24. The average molecular weight is 242 g/mol. The van der Waals surface area contributed by atoms with E-state index in [2.05, 4.69) is 5.32 Å². The van der Waals surface area contributed by atoms with Crippen molar-refractivity contribution < 1.29 is 19.8 Å². The van der Waals surface area contributed by atoms with Gasteiger partial charge >= 0.3 is 6.09 Å². The van der Waals surface area contributed by atoms with Crippen LogP contribution >= 0.6 is 0 Å². The van der Waals surface area contributed by atoms with Crippen LogP contribution in [0.4, 0.5) is 4.79 Å². The highest BCUT2D eigenvalue weighted by Gasteiger charge is 2.48. The van der Waals surface area contributed by atoms with E-state index in [0.717, 1.165) is 6.42 Å². The van der Waals surface area contributed by atoms with E-state index >= 15 is 0 Å². The molecule has 0 radical (unpaired) electrons. The van der Waals surface area contributed by atoms with Crippen LogP contribution in [0.5, 0.6) is 0 Å². The van der Waals surface area contributed by atoms with Crippen molar-refractivity contribution in [3.05, 3.63) is 0 Å². The molecule has 0 bridgehead atoms. The first-order chi connectivity index (χ1) is 8.07. The Balaban J connectivity index is 1.98. The Labute approximate surface area is 99.6 Å². The van der Waals surface area contributed by atoms with E-state index in [1.54, 1.807) is 0 Å². The van der Waals surface area contributed by atoms with Gasteiger partial charge in [0.1, 0.15) is 0 Å². The van der Waals surface area contributed by atoms with Crippen LogP contribution in [0, 0.1) is 5.41 Å². The van der Waals surface area contributed by atoms with Crippen molar-refractivity contribution in [1.82, 2.24) is 10.2 Å². The van der Waals surface area contributed by atoms with Gasteiger partial charge in [-0.25, -0.2) is 4.79 Å². The predicted molar refractivity (Wildman–Crippen MR) is 59.5 cm³/mol. The Morgan fingerprint density at radius 1 is 1.47 bits per heavy atom. The van der Waals surface area contributed by atoms with Gasteiger partial charge in [0, 0.05) is 25.7 Å². The zero-order valence-electron chi connectivity index (χ0n) is 9.69. The summed E-state index contributed by atoms with van der Waals surface area (Å²) in [5.74, 6) is 0.0287. The number of carboxylic acid groups (broad SMARTS) is 1. The lowest BCUT2D eigenvalue weighted by Gasteiger charge is -2.36. The van der Waals surface area contributed by atoms with Crippen molar-refractivity contribution in [3.8, 4) is 0 Å². The largest absolute Gasteiger partial charge is 0.465 e. The van der Waals surface area contributed by atoms with E-state index < -0.39 is 11.5 Å². The maximum atomic E-state index is 12.0. The number of nitrogens with zero attached hydrogens (tertiary/aromatic N) is 1. The zero-order chi connectivity index (χ0) is 12.5. The number of rotatable bonds is 2. The quantitative estimate of drug-likeness (QED) is 0.636. The monoisotopic (exact) mass is 242 g/mol. The van der Waals surface area contributed by atoms with Crippen LogP contribution in [0.15, 0.2) is 0 Å². The molecule has 17 heavy (non-hydrogen) atoms. The van der Waals surface area contributed by atoms with Crippen molar-refractivity contribution in [2.75, 3.05) is 19.7 Å². The number of aliphatic hydroxyl groups is 1. The highest BCUT2D eigenvalue weighted by molar-refractivity contribution is 5.85. The number of hydrogen-bond acceptors (Lipinski definition) is 3. The Morgan fingerprint density at radius 3 is 2.65 bits per heavy atom. The van der Waals surface area contributed by atoms with Crippen molar-refractivity contribution in [2.45, 2.75) is 31.7 Å². The van der Waals surface area contributed by atoms with E-state index in [0.29, 0.717) is 32.4 Å². The minimum atomic E-state index is -0.912. The summed E-state index contributed by atoms with van der Waals surface area (Å²) in [5.41, 5.74) is -0.397. The van der Waals surface area contributed by atoms with E-state index in [1.165, 1.54) is 4.90 Å². The fourth-order valence-corrected chi connectivity index (χ4v) is 2.84. The molecule has 1 atom stereocenters. The van der Waals surface area contributed by atoms with E-state index in [4.69, 9.17) is 10.2 Å². The van der Waals surface area contributed by atoms with Gasteiger partial charge in [0.25, 0.3) is 0 Å². The Bertz CT molecular complexity index is 323. The summed E-state index contributed by atoms with van der Waals surface area (Å²) in [5, 5.41) is 20.6. The topological polar surface area (TPSA) is 89.9 Å². The molecular formula is C11H18N2O4. The van der Waals surface area contributed by atoms with Crippen molar-refractivity contribution >= 4 is 12.0 Å². The fourth-order valence-electron chi connectivity index (χ4n) is 2.84. The summed E-state index contributed by atoms with van der Waals surface area (Å²) in [6, 6.07) is 0.0453. The van der Waals surface area contributed by atoms with E-state index in [9.17, 15) is 9.59 Å². The molecule has 0 aromatic rings. The molecular weight excluding hydrogens is 224 g/mol. The maximum Gasteiger partial charge on any atom is 0.407 e. The second-order valence-corrected chi connectivity index (χ2v) is 4.94. The number of likely N-dealkylation sites (tertiary alicyclic amines) is 1. The van der Waals surface area contributed by atoms with Crippen molar-refractivity contribution in [1.29, 1.82) is 0 Å². The molecule has 0 saturated carbocycles. The van der Waals surface area contributed by atoms with Gasteiger partial charge in [0.05, 0.1) is 5.41 Å². The summed E-state index contributed by atoms with van der Waals surface area (Å²) in [4.78, 5) is 24.1. The van der Waals surface area contributed by atoms with Crippen LogP contribution in [0.2, 0.25) is 0 Å². The molecule has 2 aliphatic rings. The van der Waals surface area contributed by atoms with Crippen LogP contribution in [0.25, 0.3) is 0 Å². The summed E-state index contributed by atoms with van der Waals surface area (Å²) in [7, 11) is 0. The molecule has 2 fully saturated rings. The molecule has 0 aliphatic carbocycles. The summed E-state index contributed by atoms with van der Waals surface area (Å²) >= 11 is 0. The molecule has 3 N–H and O–H groups in total. The van der Waals surface area contributed by atoms with E-state index in [1.807, 2.05) is 0 Å². The second kappa shape index (κ2) is 4.52. The number of amides is 2. The number of carbonyl (C=O) groups excluding carboxylic acids is 1. The number of nitrogens with one attached hydrogen (secondary N) is 1. The molecule has 1 unspecified atom stereocenters. The molecule has 1 spiro atoms. The maximum absolute atomic E-state index is 12.0. The smallest absolute Gasteiger partial charge is 0.407 e. The van der Waals surface area contributed by atoms with Gasteiger partial charge in [0.2, 0.25) is 5.91 Å². The van der Waals surface area contributed by atoms with Gasteiger partial charge < -0.3 is 20.4 Å². The number of carbonyl (C=O) groups is 2. The molecule has 2 rings (SSSR count). The van der Waals surface area contributed by atoms with E-state index in [-0.39, 0.29) is 18.6 Å². The number of piperidine rings is 1. The first-order valence-corrected chi connectivity index (χ1v) is 5.97. The average Bonchev–Trinajstić information content (AvgIpc) is 2.57. The number of aliphatic hydroxyl groups excluding tert-OH is 1. The van der Waals surface area contributed by atoms with Gasteiger partial charge in [-0.05, 0) is 25.7 Å². The van der Waals surface area contributed by atoms with Crippen LogP contribution in [0.1, 0.15) is 25.7 Å². The third-order valence-electron chi connectivity index (χ3n) is 3.92. The molecule has 6 nitrogen and oxygen atoms in total. The SMILES string of the molecule is O=C(O)N1CCC2(CC1)CC(CCO)NC2=O. The molecule has 96 valence electrons.